The second kappa shape index (κ2) is 27.5. The molecule has 20 unspecified atom stereocenters. The first kappa shape index (κ1) is 58.6. The summed E-state index contributed by atoms with van der Waals surface area (Å²) in [5.41, 5.74) is 2.18. The molecule has 0 radical (unpaired) electrons. The number of ether oxygens (including phenoxy) is 10. The van der Waals surface area contributed by atoms with Crippen molar-refractivity contribution in [3.8, 4) is 0 Å². The molecule has 3 aromatic rings. The van der Waals surface area contributed by atoms with Crippen molar-refractivity contribution in [1.29, 1.82) is 0 Å². The minimum Gasteiger partial charge on any atom is -0.445 e. The van der Waals surface area contributed by atoms with E-state index in [-0.39, 0.29) is 51.7 Å². The average Bonchev–Trinajstić information content (AvgIpc) is 4.28. The lowest BCUT2D eigenvalue weighted by Gasteiger charge is -2.47. The topological polar surface area (TPSA) is 333 Å². The predicted molar refractivity (Wildman–Crippen MR) is 269 cm³/mol. The lowest BCUT2D eigenvalue weighted by Crippen LogP contribution is -2.65. The third-order valence-corrected chi connectivity index (χ3v) is 14.5. The molecule has 0 spiro atoms. The van der Waals surface area contributed by atoms with Gasteiger partial charge in [-0.3, -0.25) is 4.79 Å². The van der Waals surface area contributed by atoms with E-state index in [1.165, 1.54) is 0 Å². The van der Waals surface area contributed by atoms with Crippen molar-refractivity contribution < 1.29 is 97.2 Å². The quantitative estimate of drug-likeness (QED) is 0.0498. The van der Waals surface area contributed by atoms with Crippen LogP contribution < -0.4 is 21.3 Å². The maximum Gasteiger partial charge on any atom is 0.407 e. The fraction of sp³-hybridized carbons (Fsp3) is 0.593. The van der Waals surface area contributed by atoms with Crippen LogP contribution >= 0.6 is 0 Å². The number of fused-ring (bicyclic) bond motifs is 1. The van der Waals surface area contributed by atoms with E-state index in [1.54, 1.807) is 80.6 Å². The predicted octanol–water partition coefficient (Wildman–Crippen LogP) is 1.13. The van der Waals surface area contributed by atoms with Gasteiger partial charge in [-0.15, -0.1) is 0 Å². The lowest BCUT2D eigenvalue weighted by atomic mass is 9.79. The molecule has 4 saturated heterocycles. The number of aliphatic hydroxyl groups excluding tert-OH is 6. The zero-order valence-corrected chi connectivity index (χ0v) is 43.5. The van der Waals surface area contributed by atoms with Gasteiger partial charge in [-0.05, 0) is 48.3 Å². The molecule has 4 amide bonds. The summed E-state index contributed by atoms with van der Waals surface area (Å²) in [5, 5.41) is 78.7. The van der Waals surface area contributed by atoms with Crippen molar-refractivity contribution in [1.82, 2.24) is 21.3 Å². The molecule has 24 heteroatoms. The molecule has 20 atom stereocenters. The fourth-order valence-electron chi connectivity index (χ4n) is 10.2. The van der Waals surface area contributed by atoms with E-state index in [1.807, 2.05) is 31.2 Å². The number of hydrogen-bond donors (Lipinski definition) is 10. The Morgan fingerprint density at radius 2 is 1.06 bits per heavy atom. The summed E-state index contributed by atoms with van der Waals surface area (Å²) in [4.78, 5) is 52.4. The average molecular weight is 1100 g/mol. The van der Waals surface area contributed by atoms with Crippen molar-refractivity contribution in [3.05, 3.63) is 108 Å². The Morgan fingerprint density at radius 3 is 1.63 bits per heavy atom. The van der Waals surface area contributed by atoms with Crippen LogP contribution in [0, 0.1) is 5.92 Å². The molecule has 10 N–H and O–H groups in total. The number of alkyl carbamates (subject to hydrolysis) is 3. The molecule has 1 aliphatic carbocycles. The number of aliphatic hydroxyl groups is 6. The van der Waals surface area contributed by atoms with Crippen LogP contribution in [0.3, 0.4) is 0 Å². The van der Waals surface area contributed by atoms with Crippen LogP contribution in [0.4, 0.5) is 14.4 Å². The minimum atomic E-state index is -1.79. The number of amides is 4. The van der Waals surface area contributed by atoms with Gasteiger partial charge in [-0.2, -0.15) is 0 Å². The largest absolute Gasteiger partial charge is 0.445 e. The Morgan fingerprint density at radius 1 is 0.564 bits per heavy atom. The standard InChI is InChI=1S/C54H72N4O20/c1-4-34-40(62)41(63)37(57-53(67)70-26-30-17-11-7-12-18-30)49(72-34)77-44-36(24-59)74-51(42(44)64)78-47-39(61)32(56-48(65)33(60)21-22-55-52(66)69-25-29-15-9-6-10-16-29)23-28(3)43(47)76-50-38(46-45(75-46)35(5-2)73-50)58-54(68)71-27-31-19-13-8-14-20-31/h6-20,28,32-47,49-51,59-64H,4-5,21-27H2,1-3H3,(H,55,66)(H,56,65)(H,57,67)(H,58,68). The van der Waals surface area contributed by atoms with E-state index in [2.05, 4.69) is 21.3 Å². The van der Waals surface area contributed by atoms with Crippen molar-refractivity contribution >= 4 is 24.2 Å². The van der Waals surface area contributed by atoms with Gasteiger partial charge in [-0.25, -0.2) is 14.4 Å². The fourth-order valence-corrected chi connectivity index (χ4v) is 10.2. The van der Waals surface area contributed by atoms with Crippen LogP contribution in [0.15, 0.2) is 91.0 Å². The maximum atomic E-state index is 13.6. The Bertz CT molecular complexity index is 2380. The van der Waals surface area contributed by atoms with Gasteiger partial charge in [-0.1, -0.05) is 112 Å². The molecular formula is C54H72N4O20. The van der Waals surface area contributed by atoms with Gasteiger partial charge in [0.15, 0.2) is 18.9 Å². The molecule has 5 fully saturated rings. The molecule has 24 nitrogen and oxygen atoms in total. The summed E-state index contributed by atoms with van der Waals surface area (Å²) in [5.74, 6) is -1.51. The number of hydrogen-bond acceptors (Lipinski definition) is 20. The maximum absolute atomic E-state index is 13.6. The first-order valence-corrected chi connectivity index (χ1v) is 26.4. The highest BCUT2D eigenvalue weighted by molar-refractivity contribution is 5.81. The van der Waals surface area contributed by atoms with Crippen LogP contribution in [0.2, 0.25) is 0 Å². The van der Waals surface area contributed by atoms with Gasteiger partial charge in [0.2, 0.25) is 5.91 Å². The molecule has 1 saturated carbocycles. The molecular weight excluding hydrogens is 1020 g/mol. The number of carbonyl (C=O) groups excluding carboxylic acids is 4. The Hall–Kier alpha value is -5.58. The van der Waals surface area contributed by atoms with Crippen LogP contribution in [-0.2, 0) is 72.0 Å². The molecule has 78 heavy (non-hydrogen) atoms. The number of nitrogens with one attached hydrogen (secondary N) is 4. The van der Waals surface area contributed by atoms with Gasteiger partial charge in [0.1, 0.15) is 92.9 Å². The molecule has 4 heterocycles. The second-order valence-electron chi connectivity index (χ2n) is 20.0. The zero-order chi connectivity index (χ0) is 55.5. The van der Waals surface area contributed by atoms with Gasteiger partial charge in [0.25, 0.3) is 0 Å². The third kappa shape index (κ3) is 14.8. The first-order chi connectivity index (χ1) is 37.6. The van der Waals surface area contributed by atoms with E-state index in [0.717, 1.165) is 11.1 Å². The molecule has 0 aromatic heterocycles. The normalized spacial score (nSPS) is 34.6. The van der Waals surface area contributed by atoms with Crippen molar-refractivity contribution in [2.75, 3.05) is 13.2 Å². The molecule has 5 aliphatic rings. The summed E-state index contributed by atoms with van der Waals surface area (Å²) < 4.78 is 60.1. The van der Waals surface area contributed by atoms with Gasteiger partial charge in [0, 0.05) is 6.54 Å². The highest BCUT2D eigenvalue weighted by Gasteiger charge is 2.60. The van der Waals surface area contributed by atoms with Crippen molar-refractivity contribution in [3.63, 3.8) is 0 Å². The Balaban J connectivity index is 0.983. The molecule has 3 aromatic carbocycles. The Kier molecular flexibility index (Phi) is 20.7. The lowest BCUT2D eigenvalue weighted by molar-refractivity contribution is -0.295. The van der Waals surface area contributed by atoms with Crippen molar-refractivity contribution in [2.24, 2.45) is 5.92 Å². The van der Waals surface area contributed by atoms with E-state index in [9.17, 15) is 49.8 Å². The summed E-state index contributed by atoms with van der Waals surface area (Å²) in [6.45, 7) is 4.27. The molecule has 0 bridgehead atoms. The summed E-state index contributed by atoms with van der Waals surface area (Å²) in [7, 11) is 0. The van der Waals surface area contributed by atoms with Crippen molar-refractivity contribution in [2.45, 2.75) is 183 Å². The van der Waals surface area contributed by atoms with Crippen LogP contribution in [0.1, 0.15) is 63.1 Å². The van der Waals surface area contributed by atoms with Crippen LogP contribution in [-0.4, -0.2) is 184 Å². The number of carbonyl (C=O) groups is 4. The first-order valence-electron chi connectivity index (χ1n) is 26.4. The third-order valence-electron chi connectivity index (χ3n) is 14.5. The highest BCUT2D eigenvalue weighted by Crippen LogP contribution is 2.42. The zero-order valence-electron chi connectivity index (χ0n) is 43.5. The minimum absolute atomic E-state index is 0.00733. The van der Waals surface area contributed by atoms with Crippen LogP contribution in [0.5, 0.6) is 0 Å². The summed E-state index contributed by atoms with van der Waals surface area (Å²) >= 11 is 0. The summed E-state index contributed by atoms with van der Waals surface area (Å²) in [6.07, 6.45) is -22.7. The SMILES string of the molecule is CCC1OC(OC2C(CO)OC(OC3C(O)C(NC(=O)C(O)CCNC(=O)OCc4ccccc4)CC(C)C3OC3OC(CC)C4OC4C3NC(=O)OCc3ccccc3)C2O)C(NC(=O)OCc2ccccc2)C(O)C1O. The number of benzene rings is 3. The van der Waals surface area contributed by atoms with E-state index in [0.29, 0.717) is 12.0 Å². The van der Waals surface area contributed by atoms with Gasteiger partial charge >= 0.3 is 18.3 Å². The number of epoxide rings is 1. The van der Waals surface area contributed by atoms with E-state index in [4.69, 9.17) is 47.4 Å². The molecule has 428 valence electrons. The summed E-state index contributed by atoms with van der Waals surface area (Å²) in [6, 6.07) is 23.3. The smallest absolute Gasteiger partial charge is 0.407 e. The van der Waals surface area contributed by atoms with Gasteiger partial charge in [0.05, 0.1) is 31.0 Å². The van der Waals surface area contributed by atoms with E-state index >= 15 is 0 Å². The Labute approximate surface area is 450 Å². The number of rotatable bonds is 22. The second-order valence-corrected chi connectivity index (χ2v) is 20.0. The molecule has 4 aliphatic heterocycles. The highest BCUT2D eigenvalue weighted by atomic mass is 16.8. The molecule has 8 rings (SSSR count). The monoisotopic (exact) mass is 1100 g/mol. The van der Waals surface area contributed by atoms with Gasteiger partial charge < -0.3 is 99.3 Å². The van der Waals surface area contributed by atoms with E-state index < -0.39 is 147 Å². The van der Waals surface area contributed by atoms with Crippen LogP contribution in [0.25, 0.3) is 0 Å².